The normalized spacial score (nSPS) is 14.6. The first kappa shape index (κ1) is 12.6. The summed E-state index contributed by atoms with van der Waals surface area (Å²) in [6, 6.07) is 7.76. The number of para-hydroxylation sites is 1. The van der Waals surface area contributed by atoms with Crippen molar-refractivity contribution in [2.24, 2.45) is 5.92 Å². The van der Waals surface area contributed by atoms with Crippen LogP contribution in [-0.2, 0) is 4.79 Å². The minimum Gasteiger partial charge on any atom is -0.481 e. The second-order valence-electron chi connectivity index (χ2n) is 4.41. The fraction of sp³-hybridized carbons (Fsp3) is 0.357. The van der Waals surface area contributed by atoms with Crippen molar-refractivity contribution in [2.45, 2.75) is 19.4 Å². The van der Waals surface area contributed by atoms with Crippen molar-refractivity contribution in [2.75, 3.05) is 7.05 Å². The second-order valence-corrected chi connectivity index (χ2v) is 4.41. The highest BCUT2D eigenvalue weighted by Crippen LogP contribution is 2.30. The van der Waals surface area contributed by atoms with Gasteiger partial charge >= 0.3 is 5.97 Å². The summed E-state index contributed by atoms with van der Waals surface area (Å²) in [5, 5.41) is 13.5. The number of hydrogen-bond acceptors (Lipinski definition) is 2. The molecule has 0 bridgehead atoms. The Hall–Kier alpha value is -1.81. The first-order valence-electron chi connectivity index (χ1n) is 6.15. The SMILES string of the molecule is CCC(C(=O)O)C(NC)c1c[nH]c2ccccc12. The molecule has 0 fully saturated rings. The largest absolute Gasteiger partial charge is 0.481 e. The highest BCUT2D eigenvalue weighted by molar-refractivity contribution is 5.84. The van der Waals surface area contributed by atoms with Gasteiger partial charge in [-0.2, -0.15) is 0 Å². The molecule has 0 saturated carbocycles. The highest BCUT2D eigenvalue weighted by Gasteiger charge is 2.28. The molecule has 2 atom stereocenters. The van der Waals surface area contributed by atoms with Crippen LogP contribution in [0.1, 0.15) is 24.9 Å². The topological polar surface area (TPSA) is 65.1 Å². The maximum Gasteiger partial charge on any atom is 0.308 e. The second kappa shape index (κ2) is 5.23. The Morgan fingerprint density at radius 1 is 1.44 bits per heavy atom. The molecule has 18 heavy (non-hydrogen) atoms. The van der Waals surface area contributed by atoms with E-state index in [0.717, 1.165) is 16.5 Å². The van der Waals surface area contributed by atoms with Crippen molar-refractivity contribution in [3.63, 3.8) is 0 Å². The van der Waals surface area contributed by atoms with E-state index in [9.17, 15) is 9.90 Å². The minimum absolute atomic E-state index is 0.177. The van der Waals surface area contributed by atoms with Gasteiger partial charge in [0.25, 0.3) is 0 Å². The van der Waals surface area contributed by atoms with E-state index in [0.29, 0.717) is 6.42 Å². The number of fused-ring (bicyclic) bond motifs is 1. The Morgan fingerprint density at radius 3 is 2.78 bits per heavy atom. The van der Waals surface area contributed by atoms with E-state index in [-0.39, 0.29) is 6.04 Å². The van der Waals surface area contributed by atoms with Gasteiger partial charge in [0.15, 0.2) is 0 Å². The fourth-order valence-electron chi connectivity index (χ4n) is 2.48. The third kappa shape index (κ3) is 2.11. The Labute approximate surface area is 106 Å². The summed E-state index contributed by atoms with van der Waals surface area (Å²) in [4.78, 5) is 14.5. The summed E-state index contributed by atoms with van der Waals surface area (Å²) in [6.07, 6.45) is 2.50. The molecule has 1 heterocycles. The highest BCUT2D eigenvalue weighted by atomic mass is 16.4. The molecule has 0 aliphatic carbocycles. The maximum atomic E-state index is 11.3. The Bertz CT molecular complexity index is 547. The zero-order chi connectivity index (χ0) is 13.1. The van der Waals surface area contributed by atoms with Crippen molar-refractivity contribution in [1.29, 1.82) is 0 Å². The van der Waals surface area contributed by atoms with E-state index in [1.54, 1.807) is 7.05 Å². The van der Waals surface area contributed by atoms with Gasteiger partial charge in [0.1, 0.15) is 0 Å². The van der Waals surface area contributed by atoms with E-state index in [4.69, 9.17) is 0 Å². The third-order valence-corrected chi connectivity index (χ3v) is 3.43. The number of rotatable bonds is 5. The molecule has 96 valence electrons. The van der Waals surface area contributed by atoms with Gasteiger partial charge in [-0.1, -0.05) is 25.1 Å². The lowest BCUT2D eigenvalue weighted by Gasteiger charge is -2.22. The smallest absolute Gasteiger partial charge is 0.308 e. The van der Waals surface area contributed by atoms with Gasteiger partial charge in [0, 0.05) is 23.1 Å². The molecule has 0 amide bonds. The van der Waals surface area contributed by atoms with Crippen molar-refractivity contribution in [3.05, 3.63) is 36.0 Å². The van der Waals surface area contributed by atoms with Gasteiger partial charge in [-0.25, -0.2) is 0 Å². The molecule has 0 aliphatic rings. The number of aromatic amines is 1. The van der Waals surface area contributed by atoms with Crippen LogP contribution < -0.4 is 5.32 Å². The molecule has 0 spiro atoms. The summed E-state index contributed by atoms with van der Waals surface area (Å²) in [5.74, 6) is -1.18. The summed E-state index contributed by atoms with van der Waals surface area (Å²) in [5.41, 5.74) is 2.05. The van der Waals surface area contributed by atoms with Crippen LogP contribution in [0.3, 0.4) is 0 Å². The maximum absolute atomic E-state index is 11.3. The molecule has 4 heteroatoms. The molecule has 2 aromatic rings. The molecule has 0 saturated heterocycles. The molecule has 2 rings (SSSR count). The number of nitrogens with one attached hydrogen (secondary N) is 2. The minimum atomic E-state index is -0.762. The summed E-state index contributed by atoms with van der Waals surface area (Å²) >= 11 is 0. The standard InChI is InChI=1S/C14H18N2O2/c1-3-9(14(17)18)13(15-2)11-8-16-12-7-5-4-6-10(11)12/h4-9,13,15-16H,3H2,1-2H3,(H,17,18). The van der Waals surface area contributed by atoms with Crippen LogP contribution in [0.25, 0.3) is 10.9 Å². The number of aromatic nitrogens is 1. The molecular formula is C14H18N2O2. The summed E-state index contributed by atoms with van der Waals surface area (Å²) in [7, 11) is 1.80. The van der Waals surface area contributed by atoms with Crippen LogP contribution in [0.4, 0.5) is 0 Å². The first-order valence-corrected chi connectivity index (χ1v) is 6.15. The van der Waals surface area contributed by atoms with Crippen LogP contribution in [0.5, 0.6) is 0 Å². The van der Waals surface area contributed by atoms with Crippen molar-refractivity contribution in [1.82, 2.24) is 10.3 Å². The van der Waals surface area contributed by atoms with Crippen LogP contribution in [0.15, 0.2) is 30.5 Å². The molecule has 4 nitrogen and oxygen atoms in total. The van der Waals surface area contributed by atoms with E-state index in [1.165, 1.54) is 0 Å². The van der Waals surface area contributed by atoms with Crippen LogP contribution >= 0.6 is 0 Å². The molecular weight excluding hydrogens is 228 g/mol. The zero-order valence-corrected chi connectivity index (χ0v) is 10.6. The van der Waals surface area contributed by atoms with Gasteiger partial charge in [0.05, 0.1) is 5.92 Å². The van der Waals surface area contributed by atoms with Crippen molar-refractivity contribution < 1.29 is 9.90 Å². The molecule has 0 radical (unpaired) electrons. The molecule has 2 unspecified atom stereocenters. The number of carboxylic acids is 1. The Morgan fingerprint density at radius 2 is 2.17 bits per heavy atom. The Kier molecular flexibility index (Phi) is 3.67. The van der Waals surface area contributed by atoms with Gasteiger partial charge in [0.2, 0.25) is 0 Å². The van der Waals surface area contributed by atoms with Crippen LogP contribution in [0.2, 0.25) is 0 Å². The number of benzene rings is 1. The number of carbonyl (C=O) groups is 1. The van der Waals surface area contributed by atoms with Gasteiger partial charge in [-0.05, 0) is 25.1 Å². The lowest BCUT2D eigenvalue weighted by atomic mass is 9.91. The van der Waals surface area contributed by atoms with E-state index in [1.807, 2.05) is 37.4 Å². The Balaban J connectivity index is 2.47. The van der Waals surface area contributed by atoms with Gasteiger partial charge < -0.3 is 15.4 Å². The molecule has 1 aromatic carbocycles. The van der Waals surface area contributed by atoms with Crippen LogP contribution in [0, 0.1) is 5.92 Å². The van der Waals surface area contributed by atoms with Crippen molar-refractivity contribution >= 4 is 16.9 Å². The first-order chi connectivity index (χ1) is 8.69. The average molecular weight is 246 g/mol. The lowest BCUT2D eigenvalue weighted by molar-refractivity contribution is -0.142. The van der Waals surface area contributed by atoms with Crippen LogP contribution in [-0.4, -0.2) is 23.1 Å². The monoisotopic (exact) mass is 246 g/mol. The van der Waals surface area contributed by atoms with Crippen molar-refractivity contribution in [3.8, 4) is 0 Å². The molecule has 3 N–H and O–H groups in total. The predicted octanol–water partition coefficient (Wildman–Crippen LogP) is 2.54. The quantitative estimate of drug-likeness (QED) is 0.759. The van der Waals surface area contributed by atoms with Gasteiger partial charge in [-0.3, -0.25) is 4.79 Å². The number of aliphatic carboxylic acids is 1. The zero-order valence-electron chi connectivity index (χ0n) is 10.6. The average Bonchev–Trinajstić information content (AvgIpc) is 2.79. The summed E-state index contributed by atoms with van der Waals surface area (Å²) in [6.45, 7) is 1.90. The third-order valence-electron chi connectivity index (χ3n) is 3.43. The van der Waals surface area contributed by atoms with E-state index >= 15 is 0 Å². The number of hydrogen-bond donors (Lipinski definition) is 3. The molecule has 0 aliphatic heterocycles. The van der Waals surface area contributed by atoms with E-state index in [2.05, 4.69) is 10.3 Å². The lowest BCUT2D eigenvalue weighted by Crippen LogP contribution is -2.30. The van der Waals surface area contributed by atoms with E-state index < -0.39 is 11.9 Å². The number of carboxylic acid groups (broad SMARTS) is 1. The molecule has 1 aromatic heterocycles. The predicted molar refractivity (Wildman–Crippen MR) is 71.5 cm³/mol. The number of H-pyrrole nitrogens is 1. The summed E-state index contributed by atoms with van der Waals surface area (Å²) < 4.78 is 0. The fourth-order valence-corrected chi connectivity index (χ4v) is 2.48. The van der Waals surface area contributed by atoms with Gasteiger partial charge in [-0.15, -0.1) is 0 Å².